The van der Waals surface area contributed by atoms with Gasteiger partial charge in [0.15, 0.2) is 0 Å². The number of halogens is 2. The van der Waals surface area contributed by atoms with Gasteiger partial charge >= 0.3 is 5.97 Å². The molecule has 0 aliphatic rings. The third-order valence-electron chi connectivity index (χ3n) is 4.08. The van der Waals surface area contributed by atoms with Crippen molar-refractivity contribution in [1.29, 1.82) is 0 Å². The predicted molar refractivity (Wildman–Crippen MR) is 122 cm³/mol. The summed E-state index contributed by atoms with van der Waals surface area (Å²) in [4.78, 5) is 38.9. The summed E-state index contributed by atoms with van der Waals surface area (Å²) in [6, 6.07) is 16.6. The minimum atomic E-state index is -1.23. The number of aryl methyl sites for hydroxylation is 1. The zero-order valence-electron chi connectivity index (χ0n) is 16.4. The molecular formula is C22H18Cl2N2O4S. The molecule has 0 saturated carbocycles. The molecule has 0 aliphatic carbocycles. The lowest BCUT2D eigenvalue weighted by Crippen LogP contribution is -2.33. The summed E-state index contributed by atoms with van der Waals surface area (Å²) in [5.74, 6) is -1.72. The Labute approximate surface area is 193 Å². The minimum absolute atomic E-state index is 0.350. The number of hydrogen-bond donors (Lipinski definition) is 2. The molecule has 0 fully saturated rings. The van der Waals surface area contributed by atoms with Crippen LogP contribution in [0, 0.1) is 6.92 Å². The Morgan fingerprint density at radius 2 is 1.68 bits per heavy atom. The maximum atomic E-state index is 12.9. The molecule has 1 heterocycles. The largest absolute Gasteiger partial charge is 0.446 e. The van der Waals surface area contributed by atoms with Gasteiger partial charge in [-0.2, -0.15) is 0 Å². The number of amides is 2. The van der Waals surface area contributed by atoms with Crippen molar-refractivity contribution < 1.29 is 19.1 Å². The number of rotatable bonds is 7. The van der Waals surface area contributed by atoms with Crippen molar-refractivity contribution in [2.75, 3.05) is 11.9 Å². The van der Waals surface area contributed by atoms with Gasteiger partial charge in [-0.05, 0) is 37.3 Å². The van der Waals surface area contributed by atoms with Gasteiger partial charge in [0, 0.05) is 26.2 Å². The zero-order valence-corrected chi connectivity index (χ0v) is 18.7. The van der Waals surface area contributed by atoms with E-state index < -0.39 is 18.0 Å². The Bertz CT molecular complexity index is 1080. The van der Waals surface area contributed by atoms with Gasteiger partial charge in [0.05, 0.1) is 4.88 Å². The zero-order chi connectivity index (χ0) is 22.4. The molecule has 9 heteroatoms. The van der Waals surface area contributed by atoms with E-state index in [0.717, 1.165) is 4.88 Å². The van der Waals surface area contributed by atoms with Crippen LogP contribution in [0.1, 0.15) is 26.2 Å². The van der Waals surface area contributed by atoms with E-state index in [1.165, 1.54) is 29.5 Å². The Balaban J connectivity index is 1.69. The first-order chi connectivity index (χ1) is 14.8. The molecule has 3 aromatic rings. The first-order valence-corrected chi connectivity index (χ1v) is 10.7. The molecule has 31 heavy (non-hydrogen) atoms. The summed E-state index contributed by atoms with van der Waals surface area (Å²) < 4.78 is 5.39. The molecule has 0 spiro atoms. The van der Waals surface area contributed by atoms with Crippen molar-refractivity contribution in [3.05, 3.63) is 86.0 Å². The quantitative estimate of drug-likeness (QED) is 0.469. The van der Waals surface area contributed by atoms with Crippen molar-refractivity contribution in [2.24, 2.45) is 0 Å². The maximum Gasteiger partial charge on any atom is 0.326 e. The lowest BCUT2D eigenvalue weighted by molar-refractivity contribution is -0.153. The number of carbonyl (C=O) groups is 3. The molecule has 0 bridgehead atoms. The number of benzene rings is 2. The second kappa shape index (κ2) is 10.4. The van der Waals surface area contributed by atoms with Crippen LogP contribution in [0.3, 0.4) is 0 Å². The van der Waals surface area contributed by atoms with Crippen LogP contribution in [0.5, 0.6) is 0 Å². The Hall–Kier alpha value is -2.87. The molecule has 2 aromatic carbocycles. The SMILES string of the molecule is Cc1ccc(C(=O)NCC(=O)OC(C(=O)Nc2cc(Cl)cc(Cl)c2)c2ccccc2)s1. The topological polar surface area (TPSA) is 84.5 Å². The highest BCUT2D eigenvalue weighted by Crippen LogP contribution is 2.25. The van der Waals surface area contributed by atoms with E-state index in [1.807, 2.05) is 13.0 Å². The van der Waals surface area contributed by atoms with E-state index in [9.17, 15) is 14.4 Å². The first-order valence-electron chi connectivity index (χ1n) is 9.18. The van der Waals surface area contributed by atoms with Crippen LogP contribution in [0.25, 0.3) is 0 Å². The van der Waals surface area contributed by atoms with Crippen LogP contribution in [-0.4, -0.2) is 24.3 Å². The summed E-state index contributed by atoms with van der Waals surface area (Å²) in [6.45, 7) is 1.50. The molecular weight excluding hydrogens is 459 g/mol. The summed E-state index contributed by atoms with van der Waals surface area (Å²) in [5, 5.41) is 5.85. The van der Waals surface area contributed by atoms with Gasteiger partial charge in [0.25, 0.3) is 11.8 Å². The first kappa shape index (κ1) is 22.8. The average molecular weight is 477 g/mol. The molecule has 0 saturated heterocycles. The Morgan fingerprint density at radius 1 is 1.00 bits per heavy atom. The highest BCUT2D eigenvalue weighted by molar-refractivity contribution is 7.13. The molecule has 0 radical (unpaired) electrons. The summed E-state index contributed by atoms with van der Waals surface area (Å²) in [6.07, 6.45) is -1.23. The van der Waals surface area contributed by atoms with Crippen molar-refractivity contribution in [3.8, 4) is 0 Å². The third kappa shape index (κ3) is 6.55. The van der Waals surface area contributed by atoms with Gasteiger partial charge in [0.2, 0.25) is 6.10 Å². The van der Waals surface area contributed by atoms with Crippen LogP contribution in [0.2, 0.25) is 10.0 Å². The second-order valence-electron chi connectivity index (χ2n) is 6.52. The normalized spacial score (nSPS) is 11.5. The fourth-order valence-corrected chi connectivity index (χ4v) is 4.01. The second-order valence-corrected chi connectivity index (χ2v) is 8.68. The lowest BCUT2D eigenvalue weighted by Gasteiger charge is -2.18. The highest BCUT2D eigenvalue weighted by Gasteiger charge is 2.25. The average Bonchev–Trinajstić information content (AvgIpc) is 3.16. The van der Waals surface area contributed by atoms with Crippen LogP contribution >= 0.6 is 34.5 Å². The molecule has 1 aromatic heterocycles. The van der Waals surface area contributed by atoms with Gasteiger partial charge < -0.3 is 15.4 Å². The molecule has 2 amide bonds. The van der Waals surface area contributed by atoms with Crippen molar-refractivity contribution in [3.63, 3.8) is 0 Å². The van der Waals surface area contributed by atoms with Crippen LogP contribution in [-0.2, 0) is 14.3 Å². The van der Waals surface area contributed by atoms with Crippen molar-refractivity contribution in [2.45, 2.75) is 13.0 Å². The smallest absolute Gasteiger partial charge is 0.326 e. The number of hydrogen-bond acceptors (Lipinski definition) is 5. The number of ether oxygens (including phenoxy) is 1. The van der Waals surface area contributed by atoms with E-state index in [2.05, 4.69) is 10.6 Å². The summed E-state index contributed by atoms with van der Waals surface area (Å²) in [5.41, 5.74) is 0.836. The molecule has 1 atom stereocenters. The van der Waals surface area contributed by atoms with Gasteiger partial charge in [-0.3, -0.25) is 14.4 Å². The van der Waals surface area contributed by atoms with Crippen molar-refractivity contribution >= 4 is 58.0 Å². The van der Waals surface area contributed by atoms with E-state index in [-0.39, 0.29) is 12.5 Å². The van der Waals surface area contributed by atoms with Crippen molar-refractivity contribution in [1.82, 2.24) is 5.32 Å². The maximum absolute atomic E-state index is 12.9. The lowest BCUT2D eigenvalue weighted by atomic mass is 10.1. The number of nitrogens with one attached hydrogen (secondary N) is 2. The van der Waals surface area contributed by atoms with E-state index >= 15 is 0 Å². The molecule has 0 aliphatic heterocycles. The Kier molecular flexibility index (Phi) is 7.68. The number of carbonyl (C=O) groups excluding carboxylic acids is 3. The number of esters is 1. The van der Waals surface area contributed by atoms with E-state index in [1.54, 1.807) is 36.4 Å². The Morgan fingerprint density at radius 3 is 2.29 bits per heavy atom. The van der Waals surface area contributed by atoms with Gasteiger partial charge in [-0.15, -0.1) is 11.3 Å². The number of anilines is 1. The minimum Gasteiger partial charge on any atom is -0.446 e. The van der Waals surface area contributed by atoms with E-state index in [4.69, 9.17) is 27.9 Å². The van der Waals surface area contributed by atoms with Gasteiger partial charge in [-0.25, -0.2) is 0 Å². The molecule has 3 rings (SSSR count). The molecule has 2 N–H and O–H groups in total. The number of thiophene rings is 1. The van der Waals surface area contributed by atoms with Crippen LogP contribution < -0.4 is 10.6 Å². The van der Waals surface area contributed by atoms with E-state index in [0.29, 0.717) is 26.2 Å². The van der Waals surface area contributed by atoms with Crippen LogP contribution in [0.4, 0.5) is 5.69 Å². The van der Waals surface area contributed by atoms with Gasteiger partial charge in [-0.1, -0.05) is 53.5 Å². The monoisotopic (exact) mass is 476 g/mol. The third-order valence-corrected chi connectivity index (χ3v) is 5.51. The molecule has 1 unspecified atom stereocenters. The standard InChI is InChI=1S/C22H18Cl2N2O4S/c1-13-7-8-18(31-13)21(28)25-12-19(27)30-20(14-5-3-2-4-6-14)22(29)26-17-10-15(23)9-16(24)11-17/h2-11,20H,12H2,1H3,(H,25,28)(H,26,29). The highest BCUT2D eigenvalue weighted by atomic mass is 35.5. The van der Waals surface area contributed by atoms with Gasteiger partial charge in [0.1, 0.15) is 6.54 Å². The molecule has 160 valence electrons. The fraction of sp³-hybridized carbons (Fsp3) is 0.136. The predicted octanol–water partition coefficient (Wildman–Crippen LogP) is 5.02. The van der Waals surface area contributed by atoms with Crippen LogP contribution in [0.15, 0.2) is 60.7 Å². The summed E-state index contributed by atoms with van der Waals surface area (Å²) in [7, 11) is 0. The fourth-order valence-electron chi connectivity index (χ4n) is 2.70. The summed E-state index contributed by atoms with van der Waals surface area (Å²) >= 11 is 13.3. The molecule has 6 nitrogen and oxygen atoms in total.